The lowest BCUT2D eigenvalue weighted by Crippen LogP contribution is -2.35. The van der Waals surface area contributed by atoms with Crippen molar-refractivity contribution in [1.82, 2.24) is 9.97 Å². The number of nitrogens with two attached hydrogens (primary N) is 1. The van der Waals surface area contributed by atoms with Gasteiger partial charge in [0.05, 0.1) is 0 Å². The van der Waals surface area contributed by atoms with Crippen LogP contribution in [-0.4, -0.2) is 34.0 Å². The van der Waals surface area contributed by atoms with Gasteiger partial charge in [-0.25, -0.2) is 15.8 Å². The van der Waals surface area contributed by atoms with E-state index in [4.69, 9.17) is 5.84 Å². The van der Waals surface area contributed by atoms with E-state index >= 15 is 0 Å². The Kier molecular flexibility index (Phi) is 5.84. The summed E-state index contributed by atoms with van der Waals surface area (Å²) in [5, 5.41) is 13.2. The van der Waals surface area contributed by atoms with Crippen molar-refractivity contribution >= 4 is 23.4 Å². The molecule has 1 unspecified atom stereocenters. The average molecular weight is 285 g/mol. The quantitative estimate of drug-likeness (QED) is 0.273. The summed E-state index contributed by atoms with van der Waals surface area (Å²) in [6.07, 6.45) is 2.57. The van der Waals surface area contributed by atoms with Gasteiger partial charge < -0.3 is 15.8 Å². The number of hydrazine groups is 1. The Morgan fingerprint density at radius 1 is 1.37 bits per heavy atom. The summed E-state index contributed by atoms with van der Waals surface area (Å²) in [5.41, 5.74) is 2.55. The third-order valence-electron chi connectivity index (χ3n) is 2.82. The molecule has 0 spiro atoms. The Morgan fingerprint density at radius 2 is 2.00 bits per heavy atom. The smallest absolute Gasteiger partial charge is 0.191 e. The lowest BCUT2D eigenvalue weighted by atomic mass is 9.85. The Morgan fingerprint density at radius 3 is 2.47 bits per heavy atom. The van der Waals surface area contributed by atoms with Crippen molar-refractivity contribution in [3.05, 3.63) is 6.07 Å². The first-order chi connectivity index (χ1) is 8.90. The number of aromatic nitrogens is 2. The number of anilines is 2. The van der Waals surface area contributed by atoms with E-state index in [9.17, 15) is 5.11 Å². The van der Waals surface area contributed by atoms with E-state index in [1.165, 1.54) is 11.8 Å². The first kappa shape index (κ1) is 16.0. The Labute approximate surface area is 118 Å². The van der Waals surface area contributed by atoms with Gasteiger partial charge in [-0.05, 0) is 18.1 Å². The van der Waals surface area contributed by atoms with Crippen LogP contribution < -0.4 is 16.6 Å². The van der Waals surface area contributed by atoms with E-state index < -0.39 is 0 Å². The van der Waals surface area contributed by atoms with Crippen LogP contribution in [0, 0.1) is 5.41 Å². The third kappa shape index (κ3) is 4.85. The normalized spacial score (nSPS) is 13.2. The van der Waals surface area contributed by atoms with Gasteiger partial charge in [0.2, 0.25) is 0 Å². The summed E-state index contributed by atoms with van der Waals surface area (Å²) < 4.78 is 0. The molecule has 108 valence electrons. The van der Waals surface area contributed by atoms with Gasteiger partial charge in [0.15, 0.2) is 5.16 Å². The summed E-state index contributed by atoms with van der Waals surface area (Å²) >= 11 is 1.45. The highest BCUT2D eigenvalue weighted by Gasteiger charge is 2.24. The largest absolute Gasteiger partial charge is 0.396 e. The van der Waals surface area contributed by atoms with Crippen LogP contribution in [0.15, 0.2) is 11.2 Å². The highest BCUT2D eigenvalue weighted by atomic mass is 32.2. The molecular formula is C12H23N5OS. The first-order valence-corrected chi connectivity index (χ1v) is 7.40. The van der Waals surface area contributed by atoms with Crippen LogP contribution in [0.5, 0.6) is 0 Å². The van der Waals surface area contributed by atoms with Crippen LogP contribution in [0.1, 0.15) is 27.2 Å². The van der Waals surface area contributed by atoms with Crippen molar-refractivity contribution in [2.24, 2.45) is 11.3 Å². The summed E-state index contributed by atoms with van der Waals surface area (Å²) in [5.74, 6) is 6.68. The summed E-state index contributed by atoms with van der Waals surface area (Å²) in [7, 11) is 0. The van der Waals surface area contributed by atoms with E-state index in [2.05, 4.69) is 41.5 Å². The zero-order chi connectivity index (χ0) is 14.5. The molecule has 19 heavy (non-hydrogen) atoms. The molecule has 0 bridgehead atoms. The van der Waals surface area contributed by atoms with Gasteiger partial charge >= 0.3 is 0 Å². The van der Waals surface area contributed by atoms with Gasteiger partial charge in [0.25, 0.3) is 0 Å². The molecule has 1 heterocycles. The van der Waals surface area contributed by atoms with E-state index in [1.807, 2.05) is 6.26 Å². The third-order valence-corrected chi connectivity index (χ3v) is 3.37. The second kappa shape index (κ2) is 6.93. The monoisotopic (exact) mass is 285 g/mol. The molecule has 1 rings (SSSR count). The van der Waals surface area contributed by atoms with Crippen LogP contribution in [-0.2, 0) is 0 Å². The van der Waals surface area contributed by atoms with Gasteiger partial charge in [0.1, 0.15) is 11.6 Å². The van der Waals surface area contributed by atoms with Crippen LogP contribution in [0.4, 0.5) is 11.6 Å². The zero-order valence-electron chi connectivity index (χ0n) is 11.9. The highest BCUT2D eigenvalue weighted by Crippen LogP contribution is 2.26. The summed E-state index contributed by atoms with van der Waals surface area (Å²) in [6, 6.07) is 1.88. The number of nitrogens with zero attached hydrogens (tertiary/aromatic N) is 2. The van der Waals surface area contributed by atoms with Crippen molar-refractivity contribution in [3.8, 4) is 0 Å². The number of thioether (sulfide) groups is 1. The van der Waals surface area contributed by atoms with E-state index in [0.717, 1.165) is 0 Å². The second-order valence-corrected chi connectivity index (χ2v) is 6.12. The van der Waals surface area contributed by atoms with Gasteiger partial charge in [-0.1, -0.05) is 32.5 Å². The number of aliphatic hydroxyl groups is 1. The van der Waals surface area contributed by atoms with Crippen LogP contribution in [0.2, 0.25) is 0 Å². The Bertz CT molecular complexity index is 385. The fourth-order valence-corrected chi connectivity index (χ4v) is 2.07. The van der Waals surface area contributed by atoms with Gasteiger partial charge in [-0.2, -0.15) is 0 Å². The molecule has 0 saturated carbocycles. The molecule has 0 aromatic carbocycles. The van der Waals surface area contributed by atoms with Crippen LogP contribution in [0.3, 0.4) is 0 Å². The molecule has 1 aromatic heterocycles. The minimum atomic E-state index is 0.0174. The van der Waals surface area contributed by atoms with Crippen LogP contribution >= 0.6 is 11.8 Å². The number of aliphatic hydroxyl groups excluding tert-OH is 1. The molecule has 1 atom stereocenters. The molecule has 6 nitrogen and oxygen atoms in total. The van der Waals surface area contributed by atoms with Crippen molar-refractivity contribution in [3.63, 3.8) is 0 Å². The molecule has 0 aliphatic heterocycles. The molecule has 0 saturated heterocycles. The fourth-order valence-electron chi connectivity index (χ4n) is 1.69. The van der Waals surface area contributed by atoms with Gasteiger partial charge in [-0.3, -0.25) is 0 Å². The molecule has 1 aromatic rings. The molecule has 7 heteroatoms. The van der Waals surface area contributed by atoms with Crippen molar-refractivity contribution < 1.29 is 5.11 Å². The lowest BCUT2D eigenvalue weighted by Gasteiger charge is -2.31. The maximum Gasteiger partial charge on any atom is 0.191 e. The van der Waals surface area contributed by atoms with E-state index in [1.54, 1.807) is 6.07 Å². The van der Waals surface area contributed by atoms with Crippen LogP contribution in [0.25, 0.3) is 0 Å². The first-order valence-electron chi connectivity index (χ1n) is 6.17. The fraction of sp³-hybridized carbons (Fsp3) is 0.667. The molecule has 0 amide bonds. The summed E-state index contributed by atoms with van der Waals surface area (Å²) in [4.78, 5) is 8.61. The van der Waals surface area contributed by atoms with Crippen molar-refractivity contribution in [1.29, 1.82) is 0 Å². The second-order valence-electron chi connectivity index (χ2n) is 5.34. The highest BCUT2D eigenvalue weighted by molar-refractivity contribution is 7.98. The molecular weight excluding hydrogens is 262 g/mol. The lowest BCUT2D eigenvalue weighted by molar-refractivity contribution is 0.235. The maximum absolute atomic E-state index is 9.17. The van der Waals surface area contributed by atoms with E-state index in [0.29, 0.717) is 23.2 Å². The van der Waals surface area contributed by atoms with Gasteiger partial charge in [-0.15, -0.1) is 0 Å². The molecule has 5 N–H and O–H groups in total. The number of hydrogen-bond acceptors (Lipinski definition) is 7. The number of hydrogen-bond donors (Lipinski definition) is 4. The molecule has 0 fully saturated rings. The SMILES string of the molecule is CSc1nc(NN)cc(NC(CCO)C(C)(C)C)n1. The molecule has 0 aliphatic carbocycles. The van der Waals surface area contributed by atoms with Gasteiger partial charge in [0, 0.05) is 18.7 Å². The standard InChI is InChI=1S/C12H23N5OS/c1-12(2,3)8(5-6-18)14-9-7-10(17-13)16-11(15-9)19-4/h7-8,18H,5-6,13H2,1-4H3,(H2,14,15,16,17). The van der Waals surface area contributed by atoms with E-state index in [-0.39, 0.29) is 18.1 Å². The predicted molar refractivity (Wildman–Crippen MR) is 80.2 cm³/mol. The number of nitrogens with one attached hydrogen (secondary N) is 2. The summed E-state index contributed by atoms with van der Waals surface area (Å²) in [6.45, 7) is 6.51. The Balaban J connectivity index is 2.95. The number of rotatable bonds is 6. The minimum Gasteiger partial charge on any atom is -0.396 e. The zero-order valence-corrected chi connectivity index (χ0v) is 12.7. The predicted octanol–water partition coefficient (Wildman–Crippen LogP) is 1.69. The topological polar surface area (TPSA) is 96.1 Å². The minimum absolute atomic E-state index is 0.0174. The number of nitrogen functional groups attached to an aromatic ring is 1. The van der Waals surface area contributed by atoms with Crippen molar-refractivity contribution in [2.45, 2.75) is 38.4 Å². The van der Waals surface area contributed by atoms with Crippen molar-refractivity contribution in [2.75, 3.05) is 23.6 Å². The average Bonchev–Trinajstić information content (AvgIpc) is 2.36. The Hall–Kier alpha value is -1.05. The molecule has 0 aliphatic rings. The maximum atomic E-state index is 9.17. The molecule has 0 radical (unpaired) electrons.